The van der Waals surface area contributed by atoms with Crippen molar-refractivity contribution in [2.24, 2.45) is 11.0 Å². The van der Waals surface area contributed by atoms with Crippen LogP contribution in [0.2, 0.25) is 0 Å². The molecule has 1 rings (SSSR count). The number of nitrogens with zero attached hydrogens (tertiary/aromatic N) is 3. The predicted molar refractivity (Wildman–Crippen MR) is 95.7 cm³/mol. The highest BCUT2D eigenvalue weighted by atomic mass is 16.6. The van der Waals surface area contributed by atoms with Crippen molar-refractivity contribution in [3.63, 3.8) is 0 Å². The van der Waals surface area contributed by atoms with E-state index in [0.717, 1.165) is 5.56 Å². The van der Waals surface area contributed by atoms with E-state index in [1.54, 1.807) is 0 Å². The van der Waals surface area contributed by atoms with E-state index < -0.39 is 11.7 Å². The first-order valence-electron chi connectivity index (χ1n) is 8.29. The van der Waals surface area contributed by atoms with E-state index in [0.29, 0.717) is 18.8 Å². The zero-order valence-corrected chi connectivity index (χ0v) is 15.2. The van der Waals surface area contributed by atoms with Gasteiger partial charge in [-0.3, -0.25) is 0 Å². The van der Waals surface area contributed by atoms with Gasteiger partial charge in [-0.1, -0.05) is 49.3 Å². The Morgan fingerprint density at radius 1 is 1.29 bits per heavy atom. The first-order valence-corrected chi connectivity index (χ1v) is 8.29. The van der Waals surface area contributed by atoms with Gasteiger partial charge < -0.3 is 10.1 Å². The lowest BCUT2D eigenvalue weighted by Gasteiger charge is -2.28. The average Bonchev–Trinajstić information content (AvgIpc) is 2.45. The first kappa shape index (κ1) is 19.8. The molecule has 0 fully saturated rings. The summed E-state index contributed by atoms with van der Waals surface area (Å²) >= 11 is 0. The summed E-state index contributed by atoms with van der Waals surface area (Å²) in [6, 6.07) is 9.18. The molecule has 24 heavy (non-hydrogen) atoms. The number of hydrogen-bond acceptors (Lipinski definition) is 3. The Morgan fingerprint density at radius 2 is 1.92 bits per heavy atom. The molecule has 1 N–H and O–H groups in total. The lowest BCUT2D eigenvalue weighted by molar-refractivity contribution is 0.0494. The van der Waals surface area contributed by atoms with E-state index in [1.807, 2.05) is 51.1 Å². The van der Waals surface area contributed by atoms with Crippen molar-refractivity contribution in [3.8, 4) is 0 Å². The summed E-state index contributed by atoms with van der Waals surface area (Å²) in [6.07, 6.45) is 0.777. The molecule has 0 saturated carbocycles. The summed E-state index contributed by atoms with van der Waals surface area (Å²) in [4.78, 5) is 15.2. The summed E-state index contributed by atoms with van der Waals surface area (Å²) < 4.78 is 5.35. The van der Waals surface area contributed by atoms with Crippen molar-refractivity contribution >= 4 is 6.09 Å². The Bertz CT molecular complexity index is 560. The zero-order valence-electron chi connectivity index (χ0n) is 15.2. The summed E-state index contributed by atoms with van der Waals surface area (Å²) in [5.74, 6) is 0.346. The molecule has 1 amide bonds. The maximum absolute atomic E-state index is 12.2. The lowest BCUT2D eigenvalue weighted by atomic mass is 9.93. The van der Waals surface area contributed by atoms with Gasteiger partial charge in [0.1, 0.15) is 5.60 Å². The quantitative estimate of drug-likeness (QED) is 0.439. The molecule has 0 aromatic heterocycles. The molecule has 1 aromatic carbocycles. The summed E-state index contributed by atoms with van der Waals surface area (Å²) in [5, 5.41) is 6.81. The minimum atomic E-state index is -0.576. The molecule has 1 aromatic rings. The topological polar surface area (TPSA) is 87.1 Å². The van der Waals surface area contributed by atoms with Gasteiger partial charge in [0, 0.05) is 11.0 Å². The molecule has 132 valence electrons. The number of ether oxygens (including phenoxy) is 1. The molecule has 0 aliphatic carbocycles. The summed E-state index contributed by atoms with van der Waals surface area (Å²) in [7, 11) is 0. The number of azide groups is 1. The first-order chi connectivity index (χ1) is 11.2. The molecule has 6 nitrogen and oxygen atoms in total. The highest BCUT2D eigenvalue weighted by molar-refractivity contribution is 5.68. The third-order valence-electron chi connectivity index (χ3n) is 3.38. The van der Waals surface area contributed by atoms with Crippen LogP contribution in [-0.4, -0.2) is 23.8 Å². The molecule has 0 aliphatic rings. The Labute approximate surface area is 144 Å². The third-order valence-corrected chi connectivity index (χ3v) is 3.38. The maximum atomic E-state index is 12.2. The van der Waals surface area contributed by atoms with Crippen molar-refractivity contribution in [2.45, 2.75) is 65.1 Å². The van der Waals surface area contributed by atoms with Crippen LogP contribution < -0.4 is 5.32 Å². The summed E-state index contributed by atoms with van der Waals surface area (Å²) in [6.45, 7) is 9.58. The molecule has 2 atom stereocenters. The molecule has 0 heterocycles. The number of amides is 1. The van der Waals surface area contributed by atoms with Crippen molar-refractivity contribution in [2.75, 3.05) is 0 Å². The van der Waals surface area contributed by atoms with Gasteiger partial charge in [0.05, 0.1) is 6.04 Å². The van der Waals surface area contributed by atoms with Gasteiger partial charge in [0.25, 0.3) is 0 Å². The second-order valence-electron chi connectivity index (χ2n) is 7.34. The molecule has 0 bridgehead atoms. The van der Waals surface area contributed by atoms with E-state index in [2.05, 4.69) is 29.2 Å². The van der Waals surface area contributed by atoms with Crippen molar-refractivity contribution in [1.29, 1.82) is 0 Å². The summed E-state index contributed by atoms with van der Waals surface area (Å²) in [5.41, 5.74) is 9.39. The van der Waals surface area contributed by atoms with E-state index in [1.165, 1.54) is 0 Å². The van der Waals surface area contributed by atoms with Gasteiger partial charge >= 0.3 is 6.09 Å². The van der Waals surface area contributed by atoms with Crippen LogP contribution in [0.1, 0.15) is 46.6 Å². The normalized spacial score (nSPS) is 13.8. The van der Waals surface area contributed by atoms with Gasteiger partial charge in [-0.15, -0.1) is 0 Å². The molecular weight excluding hydrogens is 304 g/mol. The molecular formula is C18H28N4O2. The maximum Gasteiger partial charge on any atom is 0.407 e. The zero-order chi connectivity index (χ0) is 18.2. The van der Waals surface area contributed by atoms with Crippen molar-refractivity contribution in [3.05, 3.63) is 46.3 Å². The molecule has 0 saturated heterocycles. The van der Waals surface area contributed by atoms with E-state index >= 15 is 0 Å². The number of alkyl carbamates (subject to hydrolysis) is 1. The highest BCUT2D eigenvalue weighted by Gasteiger charge is 2.26. The Balaban J connectivity index is 2.96. The number of rotatable bonds is 7. The third kappa shape index (κ3) is 7.88. The van der Waals surface area contributed by atoms with Crippen LogP contribution in [0.4, 0.5) is 4.79 Å². The number of carbonyl (C=O) groups excluding carboxylic acids is 1. The van der Waals surface area contributed by atoms with Gasteiger partial charge in [0.15, 0.2) is 0 Å². The fourth-order valence-corrected chi connectivity index (χ4v) is 2.45. The van der Waals surface area contributed by atoms with Crippen LogP contribution in [0.5, 0.6) is 0 Å². The minimum Gasteiger partial charge on any atom is -0.444 e. The molecule has 0 spiro atoms. The number of benzene rings is 1. The Hall–Kier alpha value is -2.20. The molecule has 0 radical (unpaired) electrons. The van der Waals surface area contributed by atoms with Crippen LogP contribution in [0.25, 0.3) is 10.4 Å². The van der Waals surface area contributed by atoms with E-state index in [4.69, 9.17) is 10.3 Å². The molecule has 0 unspecified atom stereocenters. The van der Waals surface area contributed by atoms with Gasteiger partial charge in [-0.2, -0.15) is 0 Å². The van der Waals surface area contributed by atoms with Crippen LogP contribution >= 0.6 is 0 Å². The minimum absolute atomic E-state index is 0.319. The van der Waals surface area contributed by atoms with Crippen molar-refractivity contribution < 1.29 is 9.53 Å². The van der Waals surface area contributed by atoms with Gasteiger partial charge in [0.2, 0.25) is 0 Å². The number of nitrogens with one attached hydrogen (secondary N) is 1. The monoisotopic (exact) mass is 332 g/mol. The highest BCUT2D eigenvalue weighted by Crippen LogP contribution is 2.17. The molecule has 6 heteroatoms. The smallest absolute Gasteiger partial charge is 0.407 e. The van der Waals surface area contributed by atoms with Crippen molar-refractivity contribution in [1.82, 2.24) is 5.32 Å². The molecule has 0 aliphatic heterocycles. The van der Waals surface area contributed by atoms with E-state index in [-0.39, 0.29) is 12.1 Å². The van der Waals surface area contributed by atoms with Gasteiger partial charge in [-0.25, -0.2) is 4.79 Å². The Morgan fingerprint density at radius 3 is 2.42 bits per heavy atom. The average molecular weight is 332 g/mol. The fourth-order valence-electron chi connectivity index (χ4n) is 2.45. The standard InChI is InChI=1S/C18H28N4O2/c1-13(2)11-16(21-22-19)15(12-14-9-7-6-8-10-14)20-17(23)24-18(3,4)5/h6-10,13,15-16H,11-12H2,1-5H3,(H,20,23)/t15-,16-/m0/s1. The van der Waals surface area contributed by atoms with Crippen LogP contribution in [0.15, 0.2) is 35.4 Å². The fraction of sp³-hybridized carbons (Fsp3) is 0.611. The van der Waals surface area contributed by atoms with Crippen LogP contribution in [-0.2, 0) is 11.2 Å². The SMILES string of the molecule is CC(C)C[C@H](N=[N+]=[N-])[C@H](Cc1ccccc1)NC(=O)OC(C)(C)C. The number of hydrogen-bond donors (Lipinski definition) is 1. The van der Waals surface area contributed by atoms with Gasteiger partial charge in [-0.05, 0) is 50.6 Å². The second-order valence-corrected chi connectivity index (χ2v) is 7.34. The Kier molecular flexibility index (Phi) is 7.59. The number of carbonyl (C=O) groups is 1. The largest absolute Gasteiger partial charge is 0.444 e. The predicted octanol–water partition coefficient (Wildman–Crippen LogP) is 4.85. The van der Waals surface area contributed by atoms with E-state index in [9.17, 15) is 4.79 Å². The van der Waals surface area contributed by atoms with Crippen LogP contribution in [0, 0.1) is 5.92 Å². The van der Waals surface area contributed by atoms with Crippen LogP contribution in [0.3, 0.4) is 0 Å². The lowest BCUT2D eigenvalue weighted by Crippen LogP contribution is -2.46. The second kappa shape index (κ2) is 9.18.